The zero-order valence-corrected chi connectivity index (χ0v) is 17.6. The van der Waals surface area contributed by atoms with Crippen molar-refractivity contribution in [1.29, 1.82) is 0 Å². The van der Waals surface area contributed by atoms with Crippen LogP contribution < -0.4 is 10.5 Å². The highest BCUT2D eigenvalue weighted by atomic mass is 16.6. The Labute approximate surface area is 180 Å². The molecule has 0 bridgehead atoms. The number of benzene rings is 1. The summed E-state index contributed by atoms with van der Waals surface area (Å²) in [4.78, 5) is 15.2. The van der Waals surface area contributed by atoms with Crippen molar-refractivity contribution in [3.05, 3.63) is 29.8 Å². The minimum absolute atomic E-state index is 0.157. The predicted octanol–water partition coefficient (Wildman–Crippen LogP) is -0.173. The maximum Gasteiger partial charge on any atom is 0.162 e. The number of hydrogen-bond donors (Lipinski definition) is 4. The lowest BCUT2D eigenvalue weighted by atomic mass is 9.79. The first kappa shape index (κ1) is 21.8. The SMILES string of the molecule is CCCC(c1ccc(OC)cc1)C1(N)N=CN=C2C1=NCN2[C@@H]1O[C@H](CO)[C@@H](O)[C@H]1O. The number of nitrogens with zero attached hydrogens (tertiary/aromatic N) is 4. The second-order valence-corrected chi connectivity index (χ2v) is 7.98. The molecule has 0 aromatic heterocycles. The highest BCUT2D eigenvalue weighted by Crippen LogP contribution is 2.38. The van der Waals surface area contributed by atoms with Gasteiger partial charge in [-0.05, 0) is 24.1 Å². The van der Waals surface area contributed by atoms with Gasteiger partial charge in [0.1, 0.15) is 42.8 Å². The molecule has 31 heavy (non-hydrogen) atoms. The van der Waals surface area contributed by atoms with Gasteiger partial charge in [-0.25, -0.2) is 9.98 Å². The number of methoxy groups -OCH3 is 1. The third-order valence-electron chi connectivity index (χ3n) is 6.15. The van der Waals surface area contributed by atoms with Crippen molar-refractivity contribution >= 4 is 17.9 Å². The van der Waals surface area contributed by atoms with Crippen molar-refractivity contribution < 1.29 is 24.8 Å². The number of nitrogens with two attached hydrogens (primary N) is 1. The van der Waals surface area contributed by atoms with Crippen molar-refractivity contribution in [1.82, 2.24) is 4.90 Å². The molecule has 3 aliphatic rings. The van der Waals surface area contributed by atoms with E-state index in [0.717, 1.165) is 24.2 Å². The van der Waals surface area contributed by atoms with E-state index in [1.165, 1.54) is 6.34 Å². The third-order valence-corrected chi connectivity index (χ3v) is 6.15. The van der Waals surface area contributed by atoms with Crippen LogP contribution in [0.5, 0.6) is 5.75 Å². The first-order valence-electron chi connectivity index (χ1n) is 10.4. The van der Waals surface area contributed by atoms with Crippen LogP contribution >= 0.6 is 0 Å². The van der Waals surface area contributed by atoms with Crippen LogP contribution in [0.4, 0.5) is 0 Å². The van der Waals surface area contributed by atoms with Gasteiger partial charge in [-0.2, -0.15) is 0 Å². The van der Waals surface area contributed by atoms with Gasteiger partial charge >= 0.3 is 0 Å². The average molecular weight is 431 g/mol. The normalized spacial score (nSPS) is 33.2. The molecule has 1 fully saturated rings. The van der Waals surface area contributed by atoms with E-state index < -0.39 is 36.8 Å². The van der Waals surface area contributed by atoms with E-state index in [9.17, 15) is 15.3 Å². The molecule has 1 aromatic carbocycles. The molecule has 1 saturated heterocycles. The number of rotatable bonds is 7. The molecule has 5 N–H and O–H groups in total. The number of aliphatic hydroxyl groups excluding tert-OH is 3. The zero-order chi connectivity index (χ0) is 22.2. The van der Waals surface area contributed by atoms with Crippen LogP contribution in [0.3, 0.4) is 0 Å². The number of amidine groups is 1. The highest BCUT2D eigenvalue weighted by Gasteiger charge is 2.52. The van der Waals surface area contributed by atoms with Crippen LogP contribution in [0.15, 0.2) is 39.2 Å². The van der Waals surface area contributed by atoms with Crippen molar-refractivity contribution in [2.45, 2.75) is 55.9 Å². The average Bonchev–Trinajstić information content (AvgIpc) is 3.34. The zero-order valence-electron chi connectivity index (χ0n) is 17.6. The summed E-state index contributed by atoms with van der Waals surface area (Å²) in [6.07, 6.45) is -1.10. The molecule has 6 atom stereocenters. The lowest BCUT2D eigenvalue weighted by molar-refractivity contribution is -0.0688. The predicted molar refractivity (Wildman–Crippen MR) is 115 cm³/mol. The summed E-state index contributed by atoms with van der Waals surface area (Å²) < 4.78 is 10.9. The van der Waals surface area contributed by atoms with Gasteiger partial charge < -0.3 is 35.4 Å². The quantitative estimate of drug-likeness (QED) is 0.469. The Morgan fingerprint density at radius 2 is 2.03 bits per heavy atom. The maximum absolute atomic E-state index is 10.5. The summed E-state index contributed by atoms with van der Waals surface area (Å²) in [6.45, 7) is 1.84. The van der Waals surface area contributed by atoms with E-state index in [4.69, 9.17) is 15.2 Å². The molecule has 168 valence electrons. The number of aliphatic imine (C=N–C) groups is 3. The van der Waals surface area contributed by atoms with E-state index in [1.54, 1.807) is 12.0 Å². The van der Waals surface area contributed by atoms with Gasteiger partial charge in [-0.3, -0.25) is 4.99 Å². The van der Waals surface area contributed by atoms with Gasteiger partial charge in [0.25, 0.3) is 0 Å². The van der Waals surface area contributed by atoms with Crippen molar-refractivity contribution in [3.63, 3.8) is 0 Å². The summed E-state index contributed by atoms with van der Waals surface area (Å²) in [5, 5.41) is 30.0. The van der Waals surface area contributed by atoms with Gasteiger partial charge in [0, 0.05) is 5.92 Å². The summed E-state index contributed by atoms with van der Waals surface area (Å²) in [6, 6.07) is 7.75. The Kier molecular flexibility index (Phi) is 6.09. The minimum Gasteiger partial charge on any atom is -0.497 e. The van der Waals surface area contributed by atoms with E-state index >= 15 is 0 Å². The van der Waals surface area contributed by atoms with E-state index in [2.05, 4.69) is 21.9 Å². The third kappa shape index (κ3) is 3.64. The lowest BCUT2D eigenvalue weighted by Crippen LogP contribution is -2.58. The fourth-order valence-electron chi connectivity index (χ4n) is 4.46. The summed E-state index contributed by atoms with van der Waals surface area (Å²) >= 11 is 0. The van der Waals surface area contributed by atoms with Gasteiger partial charge in [-0.15, -0.1) is 0 Å². The minimum atomic E-state index is -1.21. The molecule has 3 heterocycles. The Morgan fingerprint density at radius 1 is 1.29 bits per heavy atom. The number of hydrogen-bond acceptors (Lipinski definition) is 10. The van der Waals surface area contributed by atoms with Crippen LogP contribution in [0, 0.1) is 0 Å². The smallest absolute Gasteiger partial charge is 0.162 e. The maximum atomic E-state index is 10.5. The highest BCUT2D eigenvalue weighted by molar-refractivity contribution is 6.47. The standard InChI is InChI=1S/C21H29N5O5/c1-3-4-14(12-5-7-13(30-2)8-6-12)21(22)18-19(23-10-25-21)26(11-24-18)20-17(29)16(28)15(9-27)31-20/h5-8,10,14-17,20,27-29H,3-4,9,11,22H2,1-2H3/t14?,15-,16-,17-,20-,21?/m1/s1. The molecule has 1 aromatic rings. The van der Waals surface area contributed by atoms with E-state index in [1.807, 2.05) is 24.3 Å². The molecular weight excluding hydrogens is 402 g/mol. The van der Waals surface area contributed by atoms with Gasteiger partial charge in [0.15, 0.2) is 17.7 Å². The number of fused-ring (bicyclic) bond motifs is 1. The van der Waals surface area contributed by atoms with E-state index in [-0.39, 0.29) is 12.6 Å². The van der Waals surface area contributed by atoms with Gasteiger partial charge in [-0.1, -0.05) is 25.5 Å². The fraction of sp³-hybridized carbons (Fsp3) is 0.571. The van der Waals surface area contributed by atoms with Crippen molar-refractivity contribution in [3.8, 4) is 5.75 Å². The Hall–Kier alpha value is -2.37. The van der Waals surface area contributed by atoms with Crippen LogP contribution in [0.1, 0.15) is 31.2 Å². The molecule has 0 saturated carbocycles. The van der Waals surface area contributed by atoms with E-state index in [0.29, 0.717) is 11.5 Å². The van der Waals surface area contributed by atoms with Crippen LogP contribution in [-0.4, -0.2) is 88.7 Å². The van der Waals surface area contributed by atoms with Crippen LogP contribution in [0.2, 0.25) is 0 Å². The number of ether oxygens (including phenoxy) is 2. The molecule has 4 rings (SSSR count). The van der Waals surface area contributed by atoms with Crippen LogP contribution in [-0.2, 0) is 4.74 Å². The topological polar surface area (TPSA) is 145 Å². The van der Waals surface area contributed by atoms with Gasteiger partial charge in [0.2, 0.25) is 0 Å². The van der Waals surface area contributed by atoms with Crippen molar-refractivity contribution in [2.75, 3.05) is 20.4 Å². The second-order valence-electron chi connectivity index (χ2n) is 7.98. The number of aliphatic hydroxyl groups is 3. The summed E-state index contributed by atoms with van der Waals surface area (Å²) in [7, 11) is 1.62. The summed E-state index contributed by atoms with van der Waals surface area (Å²) in [5.74, 6) is 1.06. The Balaban J connectivity index is 1.63. The fourth-order valence-corrected chi connectivity index (χ4v) is 4.46. The van der Waals surface area contributed by atoms with Gasteiger partial charge in [0.05, 0.1) is 13.7 Å². The molecule has 10 nitrogen and oxygen atoms in total. The first-order valence-corrected chi connectivity index (χ1v) is 10.4. The molecule has 0 radical (unpaired) electrons. The summed E-state index contributed by atoms with van der Waals surface area (Å²) in [5.41, 5.74) is 7.28. The molecular formula is C21H29N5O5. The molecule has 0 amide bonds. The largest absolute Gasteiger partial charge is 0.497 e. The molecule has 10 heteroatoms. The van der Waals surface area contributed by atoms with Crippen molar-refractivity contribution in [2.24, 2.45) is 20.7 Å². The Bertz CT molecular complexity index is 889. The lowest BCUT2D eigenvalue weighted by Gasteiger charge is -2.37. The molecule has 0 spiro atoms. The molecule has 2 unspecified atom stereocenters. The van der Waals surface area contributed by atoms with Crippen LogP contribution in [0.25, 0.3) is 0 Å². The monoisotopic (exact) mass is 431 g/mol. The molecule has 3 aliphatic heterocycles. The molecule has 0 aliphatic carbocycles. The first-order chi connectivity index (χ1) is 14.9. The second kappa shape index (κ2) is 8.64. The Morgan fingerprint density at radius 3 is 2.65 bits per heavy atom.